The van der Waals surface area contributed by atoms with Crippen molar-refractivity contribution in [2.75, 3.05) is 17.7 Å². The second-order valence-electron chi connectivity index (χ2n) is 5.42. The van der Waals surface area contributed by atoms with Crippen LogP contribution in [0.25, 0.3) is 0 Å². The summed E-state index contributed by atoms with van der Waals surface area (Å²) < 4.78 is 18.3. The predicted octanol–water partition coefficient (Wildman–Crippen LogP) is 2.64. The first kappa shape index (κ1) is 14.4. The van der Waals surface area contributed by atoms with Gasteiger partial charge in [-0.15, -0.1) is 0 Å². The molecule has 114 valence electrons. The Labute approximate surface area is 128 Å². The molecule has 1 heterocycles. The Morgan fingerprint density at radius 1 is 1.23 bits per heavy atom. The molecule has 0 amide bonds. The summed E-state index contributed by atoms with van der Waals surface area (Å²) in [6.45, 7) is 1.41. The average molecular weight is 300 g/mol. The van der Waals surface area contributed by atoms with E-state index in [1.165, 1.54) is 18.7 Å². The second-order valence-corrected chi connectivity index (χ2v) is 5.42. The molecule has 2 aromatic rings. The molecule has 1 aliphatic rings. The number of anilines is 2. The molecule has 0 aromatic heterocycles. The highest BCUT2D eigenvalue weighted by Crippen LogP contribution is 2.30. The molecular formula is C17H17FN2O2. The summed E-state index contributed by atoms with van der Waals surface area (Å²) in [4.78, 5) is 13.4. The van der Waals surface area contributed by atoms with Crippen LogP contribution >= 0.6 is 0 Å². The summed E-state index contributed by atoms with van der Waals surface area (Å²) in [6, 6.07) is 10.8. The van der Waals surface area contributed by atoms with Crippen LogP contribution in [0.2, 0.25) is 0 Å². The summed E-state index contributed by atoms with van der Waals surface area (Å²) in [5.74, 6) is -0.657. The number of nitrogens with zero attached hydrogens (tertiary/aromatic N) is 1. The van der Waals surface area contributed by atoms with Gasteiger partial charge in [-0.3, -0.25) is 4.79 Å². The van der Waals surface area contributed by atoms with Gasteiger partial charge in [0, 0.05) is 18.8 Å². The normalized spacial score (nSPS) is 13.1. The molecule has 4 nitrogen and oxygen atoms in total. The summed E-state index contributed by atoms with van der Waals surface area (Å²) in [6.07, 6.45) is 0.264. The molecule has 0 aliphatic carbocycles. The third-order valence-electron chi connectivity index (χ3n) is 3.92. The number of rotatable bonds is 3. The Hall–Kier alpha value is -2.56. The number of hydrogen-bond donors (Lipinski definition) is 1. The fraction of sp³-hybridized carbons (Fsp3) is 0.235. The zero-order valence-corrected chi connectivity index (χ0v) is 12.3. The first-order chi connectivity index (χ1) is 10.6. The van der Waals surface area contributed by atoms with E-state index >= 15 is 0 Å². The number of halogens is 1. The van der Waals surface area contributed by atoms with Gasteiger partial charge in [0.1, 0.15) is 5.82 Å². The van der Waals surface area contributed by atoms with Crippen molar-refractivity contribution >= 4 is 17.3 Å². The molecule has 1 aliphatic heterocycles. The number of fused-ring (bicyclic) bond motifs is 1. The summed E-state index contributed by atoms with van der Waals surface area (Å²) in [7, 11) is 1.38. The summed E-state index contributed by atoms with van der Waals surface area (Å²) in [5, 5.41) is 0. The number of methoxy groups -OCH3 is 1. The van der Waals surface area contributed by atoms with Crippen molar-refractivity contribution in [2.24, 2.45) is 0 Å². The molecule has 0 atom stereocenters. The SMILES string of the molecule is COC(=O)Cc1ccc2c(c1)CN(c1ccc(N)c(F)c1)C2. The zero-order chi connectivity index (χ0) is 15.7. The standard InChI is InChI=1S/C17H17FN2O2/c1-22-17(21)7-11-2-3-12-9-20(10-13(12)6-11)14-4-5-16(19)15(18)8-14/h2-6,8H,7,9-10,19H2,1H3. The van der Waals surface area contributed by atoms with Crippen LogP contribution in [-0.4, -0.2) is 13.1 Å². The van der Waals surface area contributed by atoms with Gasteiger partial charge in [0.2, 0.25) is 0 Å². The zero-order valence-electron chi connectivity index (χ0n) is 12.3. The number of benzene rings is 2. The molecule has 0 saturated carbocycles. The lowest BCUT2D eigenvalue weighted by molar-refractivity contribution is -0.139. The molecular weight excluding hydrogens is 283 g/mol. The van der Waals surface area contributed by atoms with Gasteiger partial charge < -0.3 is 15.4 Å². The molecule has 0 fully saturated rings. The third-order valence-corrected chi connectivity index (χ3v) is 3.92. The van der Waals surface area contributed by atoms with Crippen LogP contribution in [0.5, 0.6) is 0 Å². The van der Waals surface area contributed by atoms with Gasteiger partial charge >= 0.3 is 5.97 Å². The largest absolute Gasteiger partial charge is 0.469 e. The van der Waals surface area contributed by atoms with Gasteiger partial charge in [0.15, 0.2) is 0 Å². The maximum absolute atomic E-state index is 13.6. The van der Waals surface area contributed by atoms with Crippen molar-refractivity contribution < 1.29 is 13.9 Å². The lowest BCUT2D eigenvalue weighted by Crippen LogP contribution is -2.14. The Balaban J connectivity index is 1.80. The molecule has 0 bridgehead atoms. The lowest BCUT2D eigenvalue weighted by atomic mass is 10.0. The minimum atomic E-state index is -0.403. The van der Waals surface area contributed by atoms with Crippen molar-refractivity contribution in [3.05, 3.63) is 58.9 Å². The molecule has 0 spiro atoms. The van der Waals surface area contributed by atoms with Crippen molar-refractivity contribution in [3.63, 3.8) is 0 Å². The Morgan fingerprint density at radius 3 is 2.73 bits per heavy atom. The van der Waals surface area contributed by atoms with E-state index in [9.17, 15) is 9.18 Å². The van der Waals surface area contributed by atoms with E-state index in [1.54, 1.807) is 6.07 Å². The summed E-state index contributed by atoms with van der Waals surface area (Å²) in [5.41, 5.74) is 9.73. The van der Waals surface area contributed by atoms with Crippen LogP contribution in [-0.2, 0) is 29.0 Å². The van der Waals surface area contributed by atoms with Crippen LogP contribution in [0.3, 0.4) is 0 Å². The minimum Gasteiger partial charge on any atom is -0.469 e. The molecule has 22 heavy (non-hydrogen) atoms. The molecule has 2 aromatic carbocycles. The first-order valence-corrected chi connectivity index (χ1v) is 7.04. The first-order valence-electron chi connectivity index (χ1n) is 7.04. The van der Waals surface area contributed by atoms with E-state index in [0.29, 0.717) is 6.54 Å². The van der Waals surface area contributed by atoms with E-state index in [4.69, 9.17) is 5.73 Å². The van der Waals surface area contributed by atoms with Gasteiger partial charge in [0.25, 0.3) is 0 Å². The smallest absolute Gasteiger partial charge is 0.309 e. The monoisotopic (exact) mass is 300 g/mol. The fourth-order valence-corrected chi connectivity index (χ4v) is 2.69. The highest BCUT2D eigenvalue weighted by atomic mass is 19.1. The third kappa shape index (κ3) is 2.74. The Kier molecular flexibility index (Phi) is 3.71. The van der Waals surface area contributed by atoms with Crippen molar-refractivity contribution in [1.29, 1.82) is 0 Å². The second kappa shape index (κ2) is 5.67. The van der Waals surface area contributed by atoms with Gasteiger partial charge in [-0.1, -0.05) is 18.2 Å². The van der Waals surface area contributed by atoms with Crippen molar-refractivity contribution in [2.45, 2.75) is 19.5 Å². The van der Waals surface area contributed by atoms with E-state index in [2.05, 4.69) is 9.64 Å². The van der Waals surface area contributed by atoms with Gasteiger partial charge in [0.05, 0.1) is 19.2 Å². The van der Waals surface area contributed by atoms with Gasteiger partial charge in [-0.25, -0.2) is 4.39 Å². The maximum Gasteiger partial charge on any atom is 0.309 e. The van der Waals surface area contributed by atoms with Gasteiger partial charge in [-0.05, 0) is 34.9 Å². The van der Waals surface area contributed by atoms with Crippen LogP contribution in [0.15, 0.2) is 36.4 Å². The highest BCUT2D eigenvalue weighted by molar-refractivity contribution is 5.72. The van der Waals surface area contributed by atoms with Crippen LogP contribution < -0.4 is 10.6 Å². The lowest BCUT2D eigenvalue weighted by Gasteiger charge is -2.18. The molecule has 0 saturated heterocycles. The number of carbonyl (C=O) groups is 1. The Morgan fingerprint density at radius 2 is 2.00 bits per heavy atom. The molecule has 2 N–H and O–H groups in total. The molecule has 0 unspecified atom stereocenters. The minimum absolute atomic E-state index is 0.154. The Bertz CT molecular complexity index is 731. The molecule has 5 heteroatoms. The van der Waals surface area contributed by atoms with E-state index in [-0.39, 0.29) is 18.1 Å². The van der Waals surface area contributed by atoms with Crippen molar-refractivity contribution in [1.82, 2.24) is 0 Å². The molecule has 3 rings (SSSR count). The van der Waals surface area contributed by atoms with Crippen LogP contribution in [0.1, 0.15) is 16.7 Å². The molecule has 0 radical (unpaired) electrons. The van der Waals surface area contributed by atoms with Crippen LogP contribution in [0, 0.1) is 5.82 Å². The number of hydrogen-bond acceptors (Lipinski definition) is 4. The number of ether oxygens (including phenoxy) is 1. The number of nitrogen functional groups attached to an aromatic ring is 1. The summed E-state index contributed by atoms with van der Waals surface area (Å²) >= 11 is 0. The van der Waals surface area contributed by atoms with Gasteiger partial charge in [-0.2, -0.15) is 0 Å². The van der Waals surface area contributed by atoms with E-state index in [1.807, 2.05) is 24.3 Å². The number of nitrogens with two attached hydrogens (primary N) is 1. The fourth-order valence-electron chi connectivity index (χ4n) is 2.69. The average Bonchev–Trinajstić information content (AvgIpc) is 2.93. The van der Waals surface area contributed by atoms with E-state index < -0.39 is 5.82 Å². The predicted molar refractivity (Wildman–Crippen MR) is 82.9 cm³/mol. The topological polar surface area (TPSA) is 55.6 Å². The number of carbonyl (C=O) groups excluding carboxylic acids is 1. The number of esters is 1. The van der Waals surface area contributed by atoms with E-state index in [0.717, 1.165) is 23.4 Å². The quantitative estimate of drug-likeness (QED) is 0.699. The maximum atomic E-state index is 13.6. The highest BCUT2D eigenvalue weighted by Gasteiger charge is 2.20. The van der Waals surface area contributed by atoms with Crippen LogP contribution in [0.4, 0.5) is 15.8 Å². The van der Waals surface area contributed by atoms with Crippen molar-refractivity contribution in [3.8, 4) is 0 Å².